The largest absolute Gasteiger partial charge is 0.397 e. The minimum Gasteiger partial charge on any atom is -0.344 e. The fourth-order valence-electron chi connectivity index (χ4n) is 0.0689. The Labute approximate surface area is 55.4 Å². The van der Waals surface area contributed by atoms with Crippen LogP contribution in [0.4, 0.5) is 13.2 Å². The van der Waals surface area contributed by atoms with E-state index >= 15 is 0 Å². The first-order chi connectivity index (χ1) is 3.81. The summed E-state index contributed by atoms with van der Waals surface area (Å²) in [6.45, 7) is -2.41. The zero-order chi connectivity index (χ0) is 7.71. The Kier molecular flexibility index (Phi) is 3.91. The van der Waals surface area contributed by atoms with Crippen LogP contribution >= 0.6 is 0 Å². The third kappa shape index (κ3) is 2.50. The predicted octanol–water partition coefficient (Wildman–Crippen LogP) is 0.599. The maximum atomic E-state index is 11.4. The third-order valence-corrected chi connectivity index (χ3v) is 1.40. The standard InChI is InChI=1S/C2H3F3O3S.H3N/c3-1-2(4,5)9(6,7)8;/h1H2,(H,6,7,8);1H3. The molecule has 8 heteroatoms. The molecule has 0 radical (unpaired) electrons. The van der Waals surface area contributed by atoms with Crippen LogP contribution < -0.4 is 6.15 Å². The molecule has 0 amide bonds. The summed E-state index contributed by atoms with van der Waals surface area (Å²) < 4.78 is 60.3. The monoisotopic (exact) mass is 181 g/mol. The Morgan fingerprint density at radius 2 is 1.70 bits per heavy atom. The molecule has 64 valence electrons. The van der Waals surface area contributed by atoms with Crippen LogP contribution in [0.25, 0.3) is 0 Å². The summed E-state index contributed by atoms with van der Waals surface area (Å²) in [4.78, 5) is 0. The molecule has 0 rings (SSSR count). The van der Waals surface area contributed by atoms with E-state index in [9.17, 15) is 21.6 Å². The number of hydrogen-bond donors (Lipinski definition) is 2. The average Bonchev–Trinajstić information content (AvgIpc) is 1.64. The zero-order valence-electron chi connectivity index (χ0n) is 4.72. The lowest BCUT2D eigenvalue weighted by Gasteiger charge is -2.05. The minimum absolute atomic E-state index is 0. The Balaban J connectivity index is 0. The molecular weight excluding hydrogens is 175 g/mol. The molecule has 0 saturated heterocycles. The van der Waals surface area contributed by atoms with Gasteiger partial charge in [0.05, 0.1) is 0 Å². The molecule has 0 unspecified atom stereocenters. The van der Waals surface area contributed by atoms with E-state index in [0.29, 0.717) is 0 Å². The van der Waals surface area contributed by atoms with Gasteiger partial charge in [0.25, 0.3) is 0 Å². The maximum absolute atomic E-state index is 11.4. The van der Waals surface area contributed by atoms with Crippen LogP contribution in [0.5, 0.6) is 0 Å². The van der Waals surface area contributed by atoms with Crippen molar-refractivity contribution < 1.29 is 26.1 Å². The van der Waals surface area contributed by atoms with Crippen molar-refractivity contribution in [3.8, 4) is 0 Å². The molecule has 0 aliphatic carbocycles. The van der Waals surface area contributed by atoms with E-state index in [4.69, 9.17) is 4.55 Å². The van der Waals surface area contributed by atoms with Gasteiger partial charge >= 0.3 is 15.4 Å². The summed E-state index contributed by atoms with van der Waals surface area (Å²) in [5.74, 6) is 0. The van der Waals surface area contributed by atoms with Crippen molar-refractivity contribution in [3.63, 3.8) is 0 Å². The number of rotatable bonds is 2. The summed E-state index contributed by atoms with van der Waals surface area (Å²) in [6.07, 6.45) is 0. The second-order valence-electron chi connectivity index (χ2n) is 1.25. The van der Waals surface area contributed by atoms with Crippen molar-refractivity contribution in [1.29, 1.82) is 0 Å². The Hall–Kier alpha value is -0.340. The summed E-state index contributed by atoms with van der Waals surface area (Å²) in [7, 11) is -5.56. The van der Waals surface area contributed by atoms with E-state index in [1.165, 1.54) is 0 Å². The van der Waals surface area contributed by atoms with E-state index in [2.05, 4.69) is 0 Å². The second kappa shape index (κ2) is 3.17. The van der Waals surface area contributed by atoms with Crippen LogP contribution in [0.3, 0.4) is 0 Å². The quantitative estimate of drug-likeness (QED) is 0.610. The fourth-order valence-corrected chi connectivity index (χ4v) is 0.207. The predicted molar refractivity (Wildman–Crippen MR) is 27.5 cm³/mol. The summed E-state index contributed by atoms with van der Waals surface area (Å²) >= 11 is 0. The number of hydrogen-bond acceptors (Lipinski definition) is 3. The smallest absolute Gasteiger partial charge is 0.344 e. The van der Waals surface area contributed by atoms with Gasteiger partial charge in [-0.25, -0.2) is 4.39 Å². The molecule has 4 N–H and O–H groups in total. The van der Waals surface area contributed by atoms with Crippen molar-refractivity contribution in [3.05, 3.63) is 0 Å². The van der Waals surface area contributed by atoms with E-state index in [1.54, 1.807) is 0 Å². The highest BCUT2D eigenvalue weighted by Gasteiger charge is 2.44. The molecule has 0 atom stereocenters. The summed E-state index contributed by atoms with van der Waals surface area (Å²) in [5.41, 5.74) is 0. The van der Waals surface area contributed by atoms with E-state index in [0.717, 1.165) is 0 Å². The first-order valence-electron chi connectivity index (χ1n) is 1.72. The van der Waals surface area contributed by atoms with Gasteiger partial charge in [0.15, 0.2) is 6.67 Å². The van der Waals surface area contributed by atoms with E-state index in [1.807, 2.05) is 0 Å². The van der Waals surface area contributed by atoms with Crippen LogP contribution in [-0.4, -0.2) is 24.9 Å². The lowest BCUT2D eigenvalue weighted by Crippen LogP contribution is -2.30. The van der Waals surface area contributed by atoms with Crippen molar-refractivity contribution in [2.45, 2.75) is 5.25 Å². The Morgan fingerprint density at radius 3 is 1.70 bits per heavy atom. The lowest BCUT2D eigenvalue weighted by atomic mass is 10.8. The normalized spacial score (nSPS) is 12.4. The first-order valence-corrected chi connectivity index (χ1v) is 3.16. The molecule has 0 aromatic carbocycles. The Morgan fingerprint density at radius 1 is 1.40 bits per heavy atom. The van der Waals surface area contributed by atoms with Crippen molar-refractivity contribution in [2.24, 2.45) is 0 Å². The Bertz CT molecular complexity index is 188. The molecule has 4 nitrogen and oxygen atoms in total. The van der Waals surface area contributed by atoms with Crippen molar-refractivity contribution in [2.75, 3.05) is 6.67 Å². The van der Waals surface area contributed by atoms with Crippen LogP contribution in [0.1, 0.15) is 0 Å². The fraction of sp³-hybridized carbons (Fsp3) is 1.00. The van der Waals surface area contributed by atoms with Gasteiger partial charge in [0.1, 0.15) is 0 Å². The van der Waals surface area contributed by atoms with Gasteiger partial charge in [-0.3, -0.25) is 4.55 Å². The molecular formula is C2H6F3NO3S. The highest BCUT2D eigenvalue weighted by molar-refractivity contribution is 7.86. The van der Waals surface area contributed by atoms with Gasteiger partial charge in [-0.05, 0) is 0 Å². The summed E-state index contributed by atoms with van der Waals surface area (Å²) in [6, 6.07) is 0. The second-order valence-corrected chi connectivity index (χ2v) is 2.79. The molecule has 0 aromatic heterocycles. The average molecular weight is 181 g/mol. The molecule has 0 saturated carbocycles. The molecule has 0 aromatic rings. The van der Waals surface area contributed by atoms with Gasteiger partial charge in [-0.15, -0.1) is 0 Å². The van der Waals surface area contributed by atoms with E-state index in [-0.39, 0.29) is 6.15 Å². The first kappa shape index (κ1) is 12.3. The minimum atomic E-state index is -5.56. The number of alkyl halides is 3. The van der Waals surface area contributed by atoms with Crippen LogP contribution in [0.2, 0.25) is 0 Å². The molecule has 0 aliphatic rings. The maximum Gasteiger partial charge on any atom is 0.397 e. The van der Waals surface area contributed by atoms with Crippen LogP contribution in [0.15, 0.2) is 0 Å². The molecule has 0 fully saturated rings. The van der Waals surface area contributed by atoms with Gasteiger partial charge in [-0.2, -0.15) is 17.2 Å². The van der Waals surface area contributed by atoms with Crippen molar-refractivity contribution in [1.82, 2.24) is 6.15 Å². The molecule has 10 heavy (non-hydrogen) atoms. The van der Waals surface area contributed by atoms with Crippen molar-refractivity contribution >= 4 is 10.1 Å². The SMILES string of the molecule is N.O=S(=O)(O)C(F)(F)CF. The molecule has 0 bridgehead atoms. The molecule has 0 spiro atoms. The highest BCUT2D eigenvalue weighted by atomic mass is 32.2. The molecule has 0 aliphatic heterocycles. The van der Waals surface area contributed by atoms with Crippen LogP contribution in [-0.2, 0) is 10.1 Å². The van der Waals surface area contributed by atoms with E-state index < -0.39 is 22.0 Å². The molecule has 0 heterocycles. The lowest BCUT2D eigenvalue weighted by molar-refractivity contribution is 0.0526. The van der Waals surface area contributed by atoms with Gasteiger partial charge < -0.3 is 6.15 Å². The highest BCUT2D eigenvalue weighted by Crippen LogP contribution is 2.19. The van der Waals surface area contributed by atoms with Gasteiger partial charge in [-0.1, -0.05) is 0 Å². The van der Waals surface area contributed by atoms with Crippen LogP contribution in [0, 0.1) is 0 Å². The zero-order valence-corrected chi connectivity index (χ0v) is 5.54. The third-order valence-electron chi connectivity index (χ3n) is 0.533. The summed E-state index contributed by atoms with van der Waals surface area (Å²) in [5, 5.41) is -4.66. The topological polar surface area (TPSA) is 89.4 Å². The van der Waals surface area contributed by atoms with Gasteiger partial charge in [0, 0.05) is 0 Å². The van der Waals surface area contributed by atoms with Gasteiger partial charge in [0.2, 0.25) is 0 Å². The number of halogens is 3.